The molecule has 0 N–H and O–H groups in total. The van der Waals surface area contributed by atoms with Gasteiger partial charge in [-0.3, -0.25) is 14.4 Å². The Hall–Kier alpha value is -1.59. The van der Waals surface area contributed by atoms with E-state index in [1.54, 1.807) is 0 Å². The van der Waals surface area contributed by atoms with Gasteiger partial charge in [-0.25, -0.2) is 0 Å². The first-order chi connectivity index (χ1) is 20.5. The number of ether oxygens (including phenoxy) is 3. The summed E-state index contributed by atoms with van der Waals surface area (Å²) in [7, 11) is 0. The minimum atomic E-state index is -0.753. The van der Waals surface area contributed by atoms with Gasteiger partial charge in [0.2, 0.25) is 0 Å². The highest BCUT2D eigenvalue weighted by Gasteiger charge is 2.19. The predicted molar refractivity (Wildman–Crippen MR) is 173 cm³/mol. The Balaban J connectivity index is 4.28. The third-order valence-electron chi connectivity index (χ3n) is 7.86. The minimum absolute atomic E-state index is 0.0663. The molecule has 0 spiro atoms. The van der Waals surface area contributed by atoms with Gasteiger partial charge in [-0.05, 0) is 19.3 Å². The Bertz CT molecular complexity index is 588. The Kier molecular flexibility index (Phi) is 31.1. The summed E-state index contributed by atoms with van der Waals surface area (Å²) in [6.07, 6.45) is 28.3. The number of unbranched alkanes of at least 4 members (excludes halogenated alkanes) is 21. The van der Waals surface area contributed by atoms with Crippen molar-refractivity contribution in [2.75, 3.05) is 13.2 Å². The van der Waals surface area contributed by atoms with Crippen molar-refractivity contribution >= 4 is 17.9 Å². The van der Waals surface area contributed by atoms with E-state index in [4.69, 9.17) is 14.2 Å². The van der Waals surface area contributed by atoms with E-state index in [9.17, 15) is 14.4 Å². The zero-order chi connectivity index (χ0) is 30.9. The topological polar surface area (TPSA) is 78.9 Å². The first-order valence-corrected chi connectivity index (χ1v) is 18.0. The molecular weight excluding hydrogens is 528 g/mol. The van der Waals surface area contributed by atoms with Gasteiger partial charge in [0.25, 0.3) is 0 Å². The molecule has 42 heavy (non-hydrogen) atoms. The van der Waals surface area contributed by atoms with Crippen molar-refractivity contribution in [1.29, 1.82) is 0 Å². The van der Waals surface area contributed by atoms with Gasteiger partial charge < -0.3 is 14.2 Å². The van der Waals surface area contributed by atoms with E-state index in [0.29, 0.717) is 19.3 Å². The molecule has 0 aliphatic rings. The standard InChI is InChI=1S/C36H68O6/c1-4-7-10-13-16-17-18-19-20-21-24-27-30-36(39)42-33(31-40-34(37)28-25-22-14-11-8-5-2)32-41-35(38)29-26-23-15-12-9-6-3/h33H,4-32H2,1-3H3. The van der Waals surface area contributed by atoms with Crippen LogP contribution in [0, 0.1) is 0 Å². The summed E-state index contributed by atoms with van der Waals surface area (Å²) in [6, 6.07) is 0. The van der Waals surface area contributed by atoms with Crippen LogP contribution in [0.3, 0.4) is 0 Å². The lowest BCUT2D eigenvalue weighted by atomic mass is 10.0. The Morgan fingerprint density at radius 3 is 0.952 bits per heavy atom. The van der Waals surface area contributed by atoms with Crippen molar-refractivity contribution < 1.29 is 28.6 Å². The number of hydrogen-bond acceptors (Lipinski definition) is 6. The first kappa shape index (κ1) is 40.4. The van der Waals surface area contributed by atoms with Gasteiger partial charge in [0, 0.05) is 19.3 Å². The van der Waals surface area contributed by atoms with Crippen LogP contribution in [0.5, 0.6) is 0 Å². The Morgan fingerprint density at radius 2 is 0.643 bits per heavy atom. The molecule has 0 radical (unpaired) electrons. The molecule has 0 aliphatic heterocycles. The lowest BCUT2D eigenvalue weighted by molar-refractivity contribution is -0.167. The molecule has 0 fully saturated rings. The SMILES string of the molecule is CCCCCCCCCCCCCCC(=O)OC(COC(=O)CCCCCCCC)COC(=O)CCCCCCCC. The van der Waals surface area contributed by atoms with Gasteiger partial charge in [-0.2, -0.15) is 0 Å². The largest absolute Gasteiger partial charge is 0.462 e. The second kappa shape index (κ2) is 32.3. The lowest BCUT2D eigenvalue weighted by Gasteiger charge is -2.18. The van der Waals surface area contributed by atoms with Crippen LogP contribution in [0.15, 0.2) is 0 Å². The molecule has 0 aromatic rings. The molecule has 0 rings (SSSR count). The van der Waals surface area contributed by atoms with E-state index in [1.165, 1.54) is 96.3 Å². The van der Waals surface area contributed by atoms with Crippen molar-refractivity contribution in [1.82, 2.24) is 0 Å². The molecule has 0 aromatic carbocycles. The summed E-state index contributed by atoms with van der Waals surface area (Å²) >= 11 is 0. The zero-order valence-electron chi connectivity index (χ0n) is 28.0. The van der Waals surface area contributed by atoms with E-state index in [-0.39, 0.29) is 31.1 Å². The van der Waals surface area contributed by atoms with Crippen LogP contribution < -0.4 is 0 Å². The van der Waals surface area contributed by atoms with E-state index >= 15 is 0 Å². The van der Waals surface area contributed by atoms with Crippen LogP contribution >= 0.6 is 0 Å². The molecule has 0 aliphatic carbocycles. The van der Waals surface area contributed by atoms with Crippen LogP contribution in [0.1, 0.15) is 194 Å². The number of esters is 3. The summed E-state index contributed by atoms with van der Waals surface area (Å²) < 4.78 is 16.4. The molecule has 0 aromatic heterocycles. The van der Waals surface area contributed by atoms with Gasteiger partial charge in [0.05, 0.1) is 0 Å². The van der Waals surface area contributed by atoms with Crippen molar-refractivity contribution in [3.8, 4) is 0 Å². The normalized spacial score (nSPS) is 11.1. The van der Waals surface area contributed by atoms with Crippen molar-refractivity contribution in [3.05, 3.63) is 0 Å². The maximum Gasteiger partial charge on any atom is 0.306 e. The van der Waals surface area contributed by atoms with Crippen LogP contribution in [-0.2, 0) is 28.6 Å². The van der Waals surface area contributed by atoms with E-state index in [0.717, 1.165) is 57.8 Å². The van der Waals surface area contributed by atoms with Gasteiger partial charge in [-0.15, -0.1) is 0 Å². The third-order valence-corrected chi connectivity index (χ3v) is 7.86. The minimum Gasteiger partial charge on any atom is -0.462 e. The molecule has 6 nitrogen and oxygen atoms in total. The van der Waals surface area contributed by atoms with Gasteiger partial charge in [0.15, 0.2) is 6.10 Å². The number of hydrogen-bond donors (Lipinski definition) is 0. The first-order valence-electron chi connectivity index (χ1n) is 18.0. The molecule has 0 heterocycles. The van der Waals surface area contributed by atoms with Gasteiger partial charge in [-0.1, -0.05) is 156 Å². The fourth-order valence-electron chi connectivity index (χ4n) is 5.09. The van der Waals surface area contributed by atoms with Crippen LogP contribution in [0.4, 0.5) is 0 Å². The van der Waals surface area contributed by atoms with Gasteiger partial charge in [0.1, 0.15) is 13.2 Å². The van der Waals surface area contributed by atoms with Crippen molar-refractivity contribution in [2.24, 2.45) is 0 Å². The van der Waals surface area contributed by atoms with Crippen LogP contribution in [-0.4, -0.2) is 37.2 Å². The molecule has 0 saturated carbocycles. The van der Waals surface area contributed by atoms with E-state index in [2.05, 4.69) is 20.8 Å². The number of carbonyl (C=O) groups is 3. The number of rotatable bonds is 32. The van der Waals surface area contributed by atoms with Crippen molar-refractivity contribution in [3.63, 3.8) is 0 Å². The smallest absolute Gasteiger partial charge is 0.306 e. The zero-order valence-corrected chi connectivity index (χ0v) is 28.0. The summed E-state index contributed by atoms with van der Waals surface area (Å²) in [5, 5.41) is 0. The molecule has 6 heteroatoms. The number of carbonyl (C=O) groups excluding carboxylic acids is 3. The summed E-state index contributed by atoms with van der Waals surface area (Å²) in [6.45, 7) is 6.49. The predicted octanol–water partition coefficient (Wildman–Crippen LogP) is 10.6. The molecule has 248 valence electrons. The Morgan fingerprint density at radius 1 is 0.381 bits per heavy atom. The summed E-state index contributed by atoms with van der Waals surface area (Å²) in [4.78, 5) is 37.0. The fourth-order valence-corrected chi connectivity index (χ4v) is 5.09. The lowest BCUT2D eigenvalue weighted by Crippen LogP contribution is -2.30. The molecule has 0 saturated heterocycles. The maximum atomic E-state index is 12.5. The average Bonchev–Trinajstić information content (AvgIpc) is 2.98. The highest BCUT2D eigenvalue weighted by Crippen LogP contribution is 2.14. The molecule has 0 amide bonds. The fraction of sp³-hybridized carbons (Fsp3) is 0.917. The monoisotopic (exact) mass is 597 g/mol. The van der Waals surface area contributed by atoms with Crippen molar-refractivity contribution in [2.45, 2.75) is 200 Å². The second-order valence-electron chi connectivity index (χ2n) is 12.2. The van der Waals surface area contributed by atoms with Crippen LogP contribution in [0.25, 0.3) is 0 Å². The molecule has 0 unspecified atom stereocenters. The second-order valence-corrected chi connectivity index (χ2v) is 12.2. The van der Waals surface area contributed by atoms with E-state index in [1.807, 2.05) is 0 Å². The maximum absolute atomic E-state index is 12.5. The molecular formula is C36H68O6. The average molecular weight is 597 g/mol. The summed E-state index contributed by atoms with van der Waals surface area (Å²) in [5.41, 5.74) is 0. The molecule has 0 atom stereocenters. The quantitative estimate of drug-likeness (QED) is 0.0436. The summed E-state index contributed by atoms with van der Waals surface area (Å²) in [5.74, 6) is -0.886. The van der Waals surface area contributed by atoms with E-state index < -0.39 is 6.10 Å². The van der Waals surface area contributed by atoms with Crippen LogP contribution in [0.2, 0.25) is 0 Å². The Labute approximate surface area is 259 Å². The molecule has 0 bridgehead atoms. The highest BCUT2D eigenvalue weighted by atomic mass is 16.6. The highest BCUT2D eigenvalue weighted by molar-refractivity contribution is 5.71. The third kappa shape index (κ3) is 29.9. The van der Waals surface area contributed by atoms with Gasteiger partial charge >= 0.3 is 17.9 Å².